The van der Waals surface area contributed by atoms with Gasteiger partial charge in [0.15, 0.2) is 0 Å². The molecule has 1 atom stereocenters. The Balaban J connectivity index is 2.08. The summed E-state index contributed by atoms with van der Waals surface area (Å²) in [5, 5.41) is 6.38. The van der Waals surface area contributed by atoms with Gasteiger partial charge in [-0.25, -0.2) is 0 Å². The van der Waals surface area contributed by atoms with Crippen LogP contribution >= 0.6 is 11.6 Å². The molecule has 22 heavy (non-hydrogen) atoms. The highest BCUT2D eigenvalue weighted by atomic mass is 35.5. The Hall–Kier alpha value is -1.59. The summed E-state index contributed by atoms with van der Waals surface area (Å²) in [7, 11) is 0. The number of rotatable bonds is 5. The monoisotopic (exact) mass is 323 g/mol. The van der Waals surface area contributed by atoms with Crippen LogP contribution in [0.2, 0.25) is 5.02 Å². The quantitative estimate of drug-likeness (QED) is 0.874. The Morgan fingerprint density at radius 3 is 2.64 bits per heavy atom. The Bertz CT molecular complexity index is 552. The number of halogens is 1. The zero-order chi connectivity index (χ0) is 16.1. The van der Waals surface area contributed by atoms with Crippen molar-refractivity contribution in [2.75, 3.05) is 31.5 Å². The molecule has 1 heterocycles. The average molecular weight is 324 g/mol. The van der Waals surface area contributed by atoms with Gasteiger partial charge < -0.3 is 15.5 Å². The molecule has 1 aromatic carbocycles. The van der Waals surface area contributed by atoms with Gasteiger partial charge in [0.1, 0.15) is 0 Å². The van der Waals surface area contributed by atoms with E-state index in [9.17, 15) is 9.59 Å². The second-order valence-electron chi connectivity index (χ2n) is 5.35. The number of carbonyl (C=O) groups excluding carboxylic acids is 2. The molecule has 2 rings (SSSR count). The number of benzene rings is 1. The first-order chi connectivity index (χ1) is 10.6. The Kier molecular flexibility index (Phi) is 5.80. The predicted molar refractivity (Wildman–Crippen MR) is 88.3 cm³/mol. The molecule has 6 heteroatoms. The first kappa shape index (κ1) is 16.8. The number of hydrogen-bond acceptors (Lipinski definition) is 3. The SMILES string of the molecule is CCN(CC)C(=O)c1ccc(NC(=O)C2CCNC2)cc1Cl. The molecule has 2 amide bonds. The first-order valence-corrected chi connectivity index (χ1v) is 8.05. The molecule has 0 bridgehead atoms. The highest BCUT2D eigenvalue weighted by Crippen LogP contribution is 2.23. The number of hydrogen-bond donors (Lipinski definition) is 2. The second kappa shape index (κ2) is 7.61. The summed E-state index contributed by atoms with van der Waals surface area (Å²) in [6, 6.07) is 5.03. The van der Waals surface area contributed by atoms with E-state index in [0.29, 0.717) is 35.9 Å². The minimum Gasteiger partial charge on any atom is -0.339 e. The minimum atomic E-state index is -0.0899. The third-order valence-electron chi connectivity index (χ3n) is 3.95. The molecule has 1 saturated heterocycles. The molecule has 1 unspecified atom stereocenters. The topological polar surface area (TPSA) is 61.4 Å². The van der Waals surface area contributed by atoms with Crippen molar-refractivity contribution in [1.82, 2.24) is 10.2 Å². The standard InChI is InChI=1S/C16H22ClN3O2/c1-3-20(4-2)16(22)13-6-5-12(9-14(13)17)19-15(21)11-7-8-18-10-11/h5-6,9,11,18H,3-4,7-8,10H2,1-2H3,(H,19,21). The van der Waals surface area contributed by atoms with Crippen molar-refractivity contribution in [3.8, 4) is 0 Å². The van der Waals surface area contributed by atoms with E-state index in [2.05, 4.69) is 10.6 Å². The van der Waals surface area contributed by atoms with Crippen LogP contribution in [0.15, 0.2) is 18.2 Å². The predicted octanol–water partition coefficient (Wildman–Crippen LogP) is 2.37. The molecule has 1 aromatic rings. The van der Waals surface area contributed by atoms with Crippen LogP contribution in [0.1, 0.15) is 30.6 Å². The van der Waals surface area contributed by atoms with Crippen LogP contribution in [0.25, 0.3) is 0 Å². The zero-order valence-corrected chi connectivity index (χ0v) is 13.7. The van der Waals surface area contributed by atoms with E-state index < -0.39 is 0 Å². The summed E-state index contributed by atoms with van der Waals surface area (Å²) in [6.45, 7) is 6.71. The molecule has 0 aliphatic carbocycles. The van der Waals surface area contributed by atoms with Gasteiger partial charge in [-0.1, -0.05) is 11.6 Å². The maximum absolute atomic E-state index is 12.3. The van der Waals surface area contributed by atoms with Crippen molar-refractivity contribution >= 4 is 29.1 Å². The number of carbonyl (C=O) groups is 2. The summed E-state index contributed by atoms with van der Waals surface area (Å²) in [5.74, 6) is -0.104. The highest BCUT2D eigenvalue weighted by molar-refractivity contribution is 6.34. The van der Waals surface area contributed by atoms with Crippen molar-refractivity contribution in [2.45, 2.75) is 20.3 Å². The van der Waals surface area contributed by atoms with Crippen LogP contribution in [-0.4, -0.2) is 42.9 Å². The van der Waals surface area contributed by atoms with E-state index in [1.807, 2.05) is 13.8 Å². The van der Waals surface area contributed by atoms with Gasteiger partial charge in [0.05, 0.1) is 16.5 Å². The first-order valence-electron chi connectivity index (χ1n) is 7.67. The second-order valence-corrected chi connectivity index (χ2v) is 5.76. The van der Waals surface area contributed by atoms with Crippen LogP contribution in [0.3, 0.4) is 0 Å². The van der Waals surface area contributed by atoms with Crippen molar-refractivity contribution in [2.24, 2.45) is 5.92 Å². The van der Waals surface area contributed by atoms with Gasteiger partial charge >= 0.3 is 0 Å². The normalized spacial score (nSPS) is 17.3. The fourth-order valence-corrected chi connectivity index (χ4v) is 2.83. The van der Waals surface area contributed by atoms with Gasteiger partial charge in [0.25, 0.3) is 5.91 Å². The lowest BCUT2D eigenvalue weighted by atomic mass is 10.1. The van der Waals surface area contributed by atoms with Crippen LogP contribution in [-0.2, 0) is 4.79 Å². The smallest absolute Gasteiger partial charge is 0.255 e. The van der Waals surface area contributed by atoms with E-state index in [1.54, 1.807) is 23.1 Å². The maximum atomic E-state index is 12.3. The van der Waals surface area contributed by atoms with Gasteiger partial charge in [-0.2, -0.15) is 0 Å². The Labute approximate surface area is 136 Å². The molecule has 1 aliphatic rings. The maximum Gasteiger partial charge on any atom is 0.255 e. The molecule has 5 nitrogen and oxygen atoms in total. The summed E-state index contributed by atoms with van der Waals surface area (Å²) in [5.41, 5.74) is 1.09. The van der Waals surface area contributed by atoms with Crippen LogP contribution in [0.5, 0.6) is 0 Å². The van der Waals surface area contributed by atoms with E-state index in [-0.39, 0.29) is 17.7 Å². The van der Waals surface area contributed by atoms with Gasteiger partial charge in [-0.3, -0.25) is 9.59 Å². The van der Waals surface area contributed by atoms with Gasteiger partial charge in [-0.15, -0.1) is 0 Å². The number of amides is 2. The van der Waals surface area contributed by atoms with Gasteiger partial charge in [0, 0.05) is 25.3 Å². The Morgan fingerprint density at radius 1 is 1.36 bits per heavy atom. The Morgan fingerprint density at radius 2 is 2.09 bits per heavy atom. The lowest BCUT2D eigenvalue weighted by Crippen LogP contribution is -2.30. The van der Waals surface area contributed by atoms with Gasteiger partial charge in [-0.05, 0) is 45.0 Å². The van der Waals surface area contributed by atoms with Crippen molar-refractivity contribution < 1.29 is 9.59 Å². The largest absolute Gasteiger partial charge is 0.339 e. The van der Waals surface area contributed by atoms with E-state index in [1.165, 1.54) is 0 Å². The lowest BCUT2D eigenvalue weighted by Gasteiger charge is -2.19. The molecule has 1 fully saturated rings. The summed E-state index contributed by atoms with van der Waals surface area (Å²) in [4.78, 5) is 26.1. The molecular weight excluding hydrogens is 302 g/mol. The summed E-state index contributed by atoms with van der Waals surface area (Å²) in [6.07, 6.45) is 0.845. The number of nitrogens with zero attached hydrogens (tertiary/aromatic N) is 1. The van der Waals surface area contributed by atoms with E-state index in [4.69, 9.17) is 11.6 Å². The lowest BCUT2D eigenvalue weighted by molar-refractivity contribution is -0.119. The zero-order valence-electron chi connectivity index (χ0n) is 13.0. The van der Waals surface area contributed by atoms with Crippen molar-refractivity contribution in [3.63, 3.8) is 0 Å². The van der Waals surface area contributed by atoms with Crippen molar-refractivity contribution in [3.05, 3.63) is 28.8 Å². The molecule has 0 radical (unpaired) electrons. The summed E-state index contributed by atoms with van der Waals surface area (Å²) >= 11 is 6.21. The summed E-state index contributed by atoms with van der Waals surface area (Å²) < 4.78 is 0. The number of anilines is 1. The third-order valence-corrected chi connectivity index (χ3v) is 4.26. The molecular formula is C16H22ClN3O2. The number of nitrogens with one attached hydrogen (secondary N) is 2. The molecule has 120 valence electrons. The van der Waals surface area contributed by atoms with Crippen LogP contribution in [0, 0.1) is 5.92 Å². The fraction of sp³-hybridized carbons (Fsp3) is 0.500. The van der Waals surface area contributed by atoms with Gasteiger partial charge in [0.2, 0.25) is 5.91 Å². The van der Waals surface area contributed by atoms with Crippen LogP contribution in [0.4, 0.5) is 5.69 Å². The molecule has 0 aromatic heterocycles. The minimum absolute atomic E-state index is 0.00393. The van der Waals surface area contributed by atoms with E-state index in [0.717, 1.165) is 13.0 Å². The molecule has 2 N–H and O–H groups in total. The molecule has 0 saturated carbocycles. The average Bonchev–Trinajstić information content (AvgIpc) is 3.02. The molecule has 0 spiro atoms. The third kappa shape index (κ3) is 3.78. The highest BCUT2D eigenvalue weighted by Gasteiger charge is 2.23. The van der Waals surface area contributed by atoms with Crippen LogP contribution < -0.4 is 10.6 Å². The van der Waals surface area contributed by atoms with Crippen molar-refractivity contribution in [1.29, 1.82) is 0 Å². The molecule has 1 aliphatic heterocycles. The fourth-order valence-electron chi connectivity index (χ4n) is 2.57. The van der Waals surface area contributed by atoms with E-state index >= 15 is 0 Å².